The van der Waals surface area contributed by atoms with Gasteiger partial charge in [0.15, 0.2) is 0 Å². The first-order valence-corrected chi connectivity index (χ1v) is 9.02. The minimum Gasteiger partial charge on any atom is -0.481 e. The molecule has 2 heterocycles. The molecule has 24 heavy (non-hydrogen) atoms. The second kappa shape index (κ2) is 6.99. The van der Waals surface area contributed by atoms with Crippen LogP contribution in [0.3, 0.4) is 0 Å². The van der Waals surface area contributed by atoms with Crippen LogP contribution in [-0.2, 0) is 11.3 Å². The summed E-state index contributed by atoms with van der Waals surface area (Å²) in [6, 6.07) is 6.65. The molecular formula is C18H21FN2O2S. The molecule has 4 nitrogen and oxygen atoms in total. The van der Waals surface area contributed by atoms with Gasteiger partial charge in [0.25, 0.3) is 0 Å². The number of piperidine rings is 1. The van der Waals surface area contributed by atoms with Crippen LogP contribution in [0.1, 0.15) is 32.4 Å². The van der Waals surface area contributed by atoms with Gasteiger partial charge in [-0.1, -0.05) is 0 Å². The van der Waals surface area contributed by atoms with Gasteiger partial charge in [0.05, 0.1) is 11.6 Å². The highest BCUT2D eigenvalue weighted by Gasteiger charge is 2.36. The standard InChI is InChI=1S/C18H21FN2O2S/c1-11-3-8-16(18(22)23)12(2)21(11)9-15-10-24-17(20-15)13-4-6-14(19)7-5-13/h4-7,10-12,16H,3,8-9H2,1-2H3,(H,22,23)/t11-,12+,16+/m1/s1. The minimum atomic E-state index is -0.718. The molecule has 0 spiro atoms. The zero-order valence-corrected chi connectivity index (χ0v) is 14.6. The number of likely N-dealkylation sites (tertiary alicyclic amines) is 1. The van der Waals surface area contributed by atoms with Crippen LogP contribution in [0.4, 0.5) is 4.39 Å². The van der Waals surface area contributed by atoms with E-state index in [2.05, 4.69) is 16.8 Å². The fraction of sp³-hybridized carbons (Fsp3) is 0.444. The SMILES string of the molecule is C[C@@H]1CC[C@H](C(=O)O)[C@H](C)N1Cc1csc(-c2ccc(F)cc2)n1. The van der Waals surface area contributed by atoms with Gasteiger partial charge in [0.1, 0.15) is 10.8 Å². The summed E-state index contributed by atoms with van der Waals surface area (Å²) in [6.07, 6.45) is 1.61. The topological polar surface area (TPSA) is 53.4 Å². The highest BCUT2D eigenvalue weighted by atomic mass is 32.1. The van der Waals surface area contributed by atoms with Crippen molar-refractivity contribution in [1.82, 2.24) is 9.88 Å². The average molecular weight is 348 g/mol. The van der Waals surface area contributed by atoms with E-state index in [0.717, 1.165) is 29.1 Å². The Labute approximate surface area is 145 Å². The van der Waals surface area contributed by atoms with Gasteiger partial charge >= 0.3 is 5.97 Å². The van der Waals surface area contributed by atoms with Gasteiger partial charge in [-0.2, -0.15) is 0 Å². The van der Waals surface area contributed by atoms with Crippen molar-refractivity contribution in [2.24, 2.45) is 5.92 Å². The summed E-state index contributed by atoms with van der Waals surface area (Å²) >= 11 is 1.53. The Morgan fingerprint density at radius 3 is 2.71 bits per heavy atom. The molecule has 1 N–H and O–H groups in total. The van der Waals surface area contributed by atoms with Gasteiger partial charge < -0.3 is 5.11 Å². The average Bonchev–Trinajstić information content (AvgIpc) is 3.00. The summed E-state index contributed by atoms with van der Waals surface area (Å²) in [5.74, 6) is -1.30. The molecule has 0 aliphatic carbocycles. The zero-order valence-electron chi connectivity index (χ0n) is 13.8. The fourth-order valence-corrected chi connectivity index (χ4v) is 4.20. The number of rotatable bonds is 4. The van der Waals surface area contributed by atoms with E-state index in [-0.39, 0.29) is 17.8 Å². The molecule has 0 amide bonds. The number of carboxylic acid groups (broad SMARTS) is 1. The van der Waals surface area contributed by atoms with E-state index < -0.39 is 5.97 Å². The van der Waals surface area contributed by atoms with Crippen molar-refractivity contribution < 1.29 is 14.3 Å². The summed E-state index contributed by atoms with van der Waals surface area (Å²) < 4.78 is 13.0. The molecule has 0 bridgehead atoms. The van der Waals surface area contributed by atoms with Gasteiger partial charge in [-0.15, -0.1) is 11.3 Å². The van der Waals surface area contributed by atoms with Crippen molar-refractivity contribution in [3.63, 3.8) is 0 Å². The van der Waals surface area contributed by atoms with E-state index in [4.69, 9.17) is 0 Å². The lowest BCUT2D eigenvalue weighted by Crippen LogP contribution is -2.50. The Hall–Kier alpha value is -1.79. The lowest BCUT2D eigenvalue weighted by atomic mass is 9.86. The molecule has 3 atom stereocenters. The van der Waals surface area contributed by atoms with Gasteiger partial charge in [-0.25, -0.2) is 9.37 Å². The monoisotopic (exact) mass is 348 g/mol. The number of halogens is 1. The second-order valence-electron chi connectivity index (χ2n) is 6.43. The van der Waals surface area contributed by atoms with E-state index >= 15 is 0 Å². The van der Waals surface area contributed by atoms with E-state index in [1.807, 2.05) is 12.3 Å². The first-order valence-electron chi connectivity index (χ1n) is 8.14. The molecule has 1 saturated heterocycles. The van der Waals surface area contributed by atoms with E-state index in [1.165, 1.54) is 23.5 Å². The summed E-state index contributed by atoms with van der Waals surface area (Å²) in [5, 5.41) is 12.2. The third-order valence-electron chi connectivity index (χ3n) is 4.87. The van der Waals surface area contributed by atoms with Crippen LogP contribution in [0.15, 0.2) is 29.6 Å². The molecule has 1 fully saturated rings. The van der Waals surface area contributed by atoms with Crippen molar-refractivity contribution >= 4 is 17.3 Å². The lowest BCUT2D eigenvalue weighted by molar-refractivity contribution is -0.146. The summed E-state index contributed by atoms with van der Waals surface area (Å²) in [4.78, 5) is 18.3. The zero-order chi connectivity index (χ0) is 17.3. The number of nitrogens with zero attached hydrogens (tertiary/aromatic N) is 2. The Kier molecular flexibility index (Phi) is 4.96. The van der Waals surface area contributed by atoms with Crippen molar-refractivity contribution in [3.8, 4) is 10.6 Å². The van der Waals surface area contributed by atoms with Crippen LogP contribution in [0, 0.1) is 11.7 Å². The highest BCUT2D eigenvalue weighted by Crippen LogP contribution is 2.31. The van der Waals surface area contributed by atoms with Crippen LogP contribution in [0.2, 0.25) is 0 Å². The van der Waals surface area contributed by atoms with Gasteiger partial charge in [-0.3, -0.25) is 9.69 Å². The molecule has 1 aliphatic rings. The Bertz CT molecular complexity index is 716. The van der Waals surface area contributed by atoms with Crippen LogP contribution in [0.25, 0.3) is 10.6 Å². The molecule has 6 heteroatoms. The van der Waals surface area contributed by atoms with Crippen LogP contribution in [0.5, 0.6) is 0 Å². The predicted octanol–water partition coefficient (Wildman–Crippen LogP) is 4.02. The van der Waals surface area contributed by atoms with Gasteiger partial charge in [0, 0.05) is 29.6 Å². The van der Waals surface area contributed by atoms with Crippen LogP contribution >= 0.6 is 11.3 Å². The van der Waals surface area contributed by atoms with E-state index in [9.17, 15) is 14.3 Å². The van der Waals surface area contributed by atoms with Crippen molar-refractivity contribution in [2.75, 3.05) is 0 Å². The molecular weight excluding hydrogens is 327 g/mol. The normalized spacial score (nSPS) is 24.9. The Morgan fingerprint density at radius 2 is 2.04 bits per heavy atom. The van der Waals surface area contributed by atoms with Crippen molar-refractivity contribution in [2.45, 2.75) is 45.3 Å². The maximum atomic E-state index is 13.0. The maximum absolute atomic E-state index is 13.0. The maximum Gasteiger partial charge on any atom is 0.308 e. The summed E-state index contributed by atoms with van der Waals surface area (Å²) in [5.41, 5.74) is 1.83. The smallest absolute Gasteiger partial charge is 0.308 e. The third kappa shape index (κ3) is 3.49. The predicted molar refractivity (Wildman–Crippen MR) is 92.3 cm³/mol. The number of hydrogen-bond donors (Lipinski definition) is 1. The molecule has 0 unspecified atom stereocenters. The van der Waals surface area contributed by atoms with Crippen molar-refractivity contribution in [1.29, 1.82) is 0 Å². The van der Waals surface area contributed by atoms with E-state index in [0.29, 0.717) is 12.6 Å². The van der Waals surface area contributed by atoms with Gasteiger partial charge in [-0.05, 0) is 51.0 Å². The summed E-state index contributed by atoms with van der Waals surface area (Å²) in [7, 11) is 0. The molecule has 2 aromatic rings. The second-order valence-corrected chi connectivity index (χ2v) is 7.29. The molecule has 0 radical (unpaired) electrons. The number of carbonyl (C=O) groups is 1. The summed E-state index contributed by atoms with van der Waals surface area (Å²) in [6.45, 7) is 4.77. The number of aliphatic carboxylic acids is 1. The molecule has 0 saturated carbocycles. The molecule has 1 aromatic carbocycles. The molecule has 128 valence electrons. The number of carboxylic acids is 1. The first kappa shape index (κ1) is 17.0. The Balaban J connectivity index is 1.75. The Morgan fingerprint density at radius 1 is 1.33 bits per heavy atom. The number of thiazole rings is 1. The van der Waals surface area contributed by atoms with E-state index in [1.54, 1.807) is 12.1 Å². The highest BCUT2D eigenvalue weighted by molar-refractivity contribution is 7.13. The lowest BCUT2D eigenvalue weighted by Gasteiger charge is -2.41. The quantitative estimate of drug-likeness (QED) is 0.907. The number of benzene rings is 1. The van der Waals surface area contributed by atoms with Crippen LogP contribution < -0.4 is 0 Å². The fourth-order valence-electron chi connectivity index (χ4n) is 3.38. The number of aromatic nitrogens is 1. The largest absolute Gasteiger partial charge is 0.481 e. The third-order valence-corrected chi connectivity index (χ3v) is 5.81. The van der Waals surface area contributed by atoms with Gasteiger partial charge in [0.2, 0.25) is 0 Å². The van der Waals surface area contributed by atoms with Crippen LogP contribution in [-0.4, -0.2) is 33.0 Å². The molecule has 3 rings (SSSR count). The molecule has 1 aliphatic heterocycles. The first-order chi connectivity index (χ1) is 11.5. The minimum absolute atomic E-state index is 0.0118. The van der Waals surface area contributed by atoms with Crippen molar-refractivity contribution in [3.05, 3.63) is 41.2 Å². The molecule has 1 aromatic heterocycles. The number of hydrogen-bond acceptors (Lipinski definition) is 4.